The largest absolute Gasteiger partial charge is 0.389 e. The fraction of sp³-hybridized carbons (Fsp3) is 0.0755. The minimum absolute atomic E-state index is 0.479. The van der Waals surface area contributed by atoms with Gasteiger partial charge in [-0.3, -0.25) is 24.7 Å². The van der Waals surface area contributed by atoms with Crippen LogP contribution in [0.2, 0.25) is 0 Å². The summed E-state index contributed by atoms with van der Waals surface area (Å²) in [5.41, 5.74) is 10.4. The summed E-state index contributed by atoms with van der Waals surface area (Å²) in [6.45, 7) is 2.76. The van der Waals surface area contributed by atoms with E-state index in [2.05, 4.69) is 67.0 Å². The molecule has 0 aliphatic rings. The van der Waals surface area contributed by atoms with Crippen LogP contribution in [0.3, 0.4) is 0 Å². The lowest BCUT2D eigenvalue weighted by molar-refractivity contribution is 0.112. The average molecular weight is 851 g/mol. The van der Waals surface area contributed by atoms with Crippen molar-refractivity contribution < 1.29 is 9.90 Å². The van der Waals surface area contributed by atoms with Crippen LogP contribution in [-0.2, 0) is 13.1 Å². The zero-order valence-corrected chi connectivity index (χ0v) is 35.3. The number of anilines is 2. The Morgan fingerprint density at radius 2 is 1.02 bits per heavy atom. The van der Waals surface area contributed by atoms with Crippen LogP contribution in [0.5, 0.6) is 0 Å². The molecule has 316 valence electrons. The molecule has 12 nitrogen and oxygen atoms in total. The molecule has 0 saturated carbocycles. The number of aromatic nitrogens is 8. The van der Waals surface area contributed by atoms with Crippen molar-refractivity contribution in [3.63, 3.8) is 0 Å². The van der Waals surface area contributed by atoms with Gasteiger partial charge in [-0.1, -0.05) is 97.1 Å². The second-order valence-corrected chi connectivity index (χ2v) is 15.1. The highest BCUT2D eigenvalue weighted by Crippen LogP contribution is 2.36. The summed E-state index contributed by atoms with van der Waals surface area (Å²) in [4.78, 5) is 47.9. The molecule has 0 aliphatic heterocycles. The lowest BCUT2D eigenvalue weighted by atomic mass is 10.0. The quantitative estimate of drug-likeness (QED) is 0.0998. The van der Waals surface area contributed by atoms with Gasteiger partial charge in [0.25, 0.3) is 0 Å². The highest BCUT2D eigenvalue weighted by molar-refractivity contribution is 6.03. The molecule has 6 aromatic heterocycles. The Bertz CT molecular complexity index is 3210. The molecule has 0 fully saturated rings. The smallest absolute Gasteiger partial charge is 0.163 e. The average Bonchev–Trinajstić information content (AvgIpc) is 3.38. The minimum atomic E-state index is -0.621. The Hall–Kier alpha value is -8.61. The molecule has 0 aliphatic carbocycles. The lowest BCUT2D eigenvalue weighted by Gasteiger charge is -2.15. The summed E-state index contributed by atoms with van der Waals surface area (Å²) >= 11 is 0. The number of hydrogen-bond acceptors (Lipinski definition) is 12. The third kappa shape index (κ3) is 9.73. The number of nitrogens with zero attached hydrogens (tertiary/aromatic N) is 8. The molecule has 6 heterocycles. The summed E-state index contributed by atoms with van der Waals surface area (Å²) in [6.07, 6.45) is 10.3. The fourth-order valence-corrected chi connectivity index (χ4v) is 7.40. The summed E-state index contributed by atoms with van der Waals surface area (Å²) in [7, 11) is 0. The van der Waals surface area contributed by atoms with Crippen molar-refractivity contribution in [2.45, 2.75) is 26.1 Å². The van der Waals surface area contributed by atoms with E-state index in [0.717, 1.165) is 78.7 Å². The monoisotopic (exact) mass is 850 g/mol. The maximum atomic E-state index is 11.2. The van der Waals surface area contributed by atoms with Gasteiger partial charge in [0.05, 0.1) is 52.4 Å². The molecule has 1 atom stereocenters. The van der Waals surface area contributed by atoms with Crippen LogP contribution in [0, 0.1) is 0 Å². The number of aliphatic hydroxyl groups excluding tert-OH is 1. The summed E-state index contributed by atoms with van der Waals surface area (Å²) in [5, 5.41) is 18.8. The van der Waals surface area contributed by atoms with Gasteiger partial charge < -0.3 is 15.7 Å². The number of aliphatic hydroxyl groups is 1. The summed E-state index contributed by atoms with van der Waals surface area (Å²) in [5.74, 6) is 2.47. The number of pyridine rings is 4. The Labute approximate surface area is 375 Å². The van der Waals surface area contributed by atoms with E-state index in [9.17, 15) is 9.90 Å². The van der Waals surface area contributed by atoms with Gasteiger partial charge in [-0.25, -0.2) is 19.9 Å². The molecule has 0 amide bonds. The van der Waals surface area contributed by atoms with Crippen molar-refractivity contribution in [3.05, 3.63) is 205 Å². The fourth-order valence-electron chi connectivity index (χ4n) is 7.40. The van der Waals surface area contributed by atoms with Gasteiger partial charge in [0.1, 0.15) is 11.6 Å². The van der Waals surface area contributed by atoms with Crippen LogP contribution in [-0.4, -0.2) is 51.3 Å². The zero-order chi connectivity index (χ0) is 44.4. The van der Waals surface area contributed by atoms with E-state index in [1.54, 1.807) is 44.0 Å². The van der Waals surface area contributed by atoms with E-state index in [0.29, 0.717) is 41.7 Å². The number of nitrogens with one attached hydrogen (secondary N) is 2. The first kappa shape index (κ1) is 41.7. The number of hydrogen-bond donors (Lipinski definition) is 3. The molecule has 0 saturated heterocycles. The van der Waals surface area contributed by atoms with Crippen LogP contribution in [0.1, 0.15) is 40.3 Å². The van der Waals surface area contributed by atoms with Gasteiger partial charge in [0, 0.05) is 53.9 Å². The van der Waals surface area contributed by atoms with Crippen molar-refractivity contribution in [1.82, 2.24) is 39.9 Å². The maximum Gasteiger partial charge on any atom is 0.163 e. The van der Waals surface area contributed by atoms with Crippen molar-refractivity contribution in [3.8, 4) is 45.0 Å². The van der Waals surface area contributed by atoms with Crippen LogP contribution in [0.4, 0.5) is 11.6 Å². The van der Waals surface area contributed by atoms with Gasteiger partial charge in [-0.15, -0.1) is 0 Å². The van der Waals surface area contributed by atoms with Gasteiger partial charge in [0.15, 0.2) is 17.9 Å². The van der Waals surface area contributed by atoms with Crippen molar-refractivity contribution in [2.75, 3.05) is 10.6 Å². The standard InChI is InChI=1S/C27H23N5O.C26H19N5O/c1-18(33)20-14-21(16-28-15-20)26-31-24-12-7-11-23(19-8-3-2-4-9-19)25(24)27(32-26)30-17-22-10-5-6-13-29-22;32-17-18-13-20(15-27-14-18)25-30-23-11-6-10-22(19-7-2-1-3-8-19)24(23)26(31-25)29-16-21-9-4-5-12-28-21/h2-16,18,33H,17H2,1H3,(H,30,31,32);1-15,17H,16H2,(H,29,30,31). The first-order chi connectivity index (χ1) is 32.0. The number of fused-ring (bicyclic) bond motifs is 2. The Morgan fingerprint density at radius 3 is 1.49 bits per heavy atom. The number of carbonyl (C=O) groups excluding carboxylic acids is 1. The molecule has 1 unspecified atom stereocenters. The lowest BCUT2D eigenvalue weighted by Crippen LogP contribution is -2.06. The first-order valence-electron chi connectivity index (χ1n) is 21.0. The number of benzene rings is 4. The molecule has 4 aromatic carbocycles. The molecule has 0 bridgehead atoms. The van der Waals surface area contributed by atoms with Crippen LogP contribution in [0.15, 0.2) is 183 Å². The van der Waals surface area contributed by atoms with E-state index in [1.807, 2.05) is 103 Å². The molecular formula is C53H42N10O2. The third-order valence-electron chi connectivity index (χ3n) is 10.6. The second-order valence-electron chi connectivity index (χ2n) is 15.1. The van der Waals surface area contributed by atoms with Crippen LogP contribution < -0.4 is 10.6 Å². The van der Waals surface area contributed by atoms with Crippen molar-refractivity contribution >= 4 is 39.7 Å². The predicted molar refractivity (Wildman–Crippen MR) is 256 cm³/mol. The molecule has 12 heteroatoms. The summed E-state index contributed by atoms with van der Waals surface area (Å²) < 4.78 is 0. The van der Waals surface area contributed by atoms with Crippen molar-refractivity contribution in [1.29, 1.82) is 0 Å². The van der Waals surface area contributed by atoms with Crippen molar-refractivity contribution in [2.24, 2.45) is 0 Å². The zero-order valence-electron chi connectivity index (χ0n) is 35.3. The Kier molecular flexibility index (Phi) is 12.6. The Morgan fingerprint density at radius 1 is 0.523 bits per heavy atom. The van der Waals surface area contributed by atoms with E-state index in [4.69, 9.17) is 19.9 Å². The summed E-state index contributed by atoms with van der Waals surface area (Å²) in [6, 6.07) is 47.8. The molecule has 3 N–H and O–H groups in total. The van der Waals surface area contributed by atoms with Gasteiger partial charge in [-0.2, -0.15) is 0 Å². The molecule has 65 heavy (non-hydrogen) atoms. The van der Waals surface area contributed by atoms with E-state index >= 15 is 0 Å². The third-order valence-corrected chi connectivity index (χ3v) is 10.6. The number of aldehydes is 1. The first-order valence-corrected chi connectivity index (χ1v) is 21.0. The van der Waals surface area contributed by atoms with Gasteiger partial charge in [0.2, 0.25) is 0 Å². The molecule has 0 radical (unpaired) electrons. The molecular weight excluding hydrogens is 809 g/mol. The van der Waals surface area contributed by atoms with E-state index < -0.39 is 6.10 Å². The van der Waals surface area contributed by atoms with E-state index in [1.165, 1.54) is 6.20 Å². The SMILES string of the molecule is CC(O)c1cncc(-c2nc(NCc3ccccn3)c3c(-c4ccccc4)cccc3n2)c1.O=Cc1cncc(-c2nc(NCc3ccccn3)c3c(-c4ccccc4)cccc3n2)c1. The van der Waals surface area contributed by atoms with E-state index in [-0.39, 0.29) is 0 Å². The highest BCUT2D eigenvalue weighted by atomic mass is 16.3. The highest BCUT2D eigenvalue weighted by Gasteiger charge is 2.17. The van der Waals surface area contributed by atoms with Gasteiger partial charge >= 0.3 is 0 Å². The second kappa shape index (κ2) is 19.6. The van der Waals surface area contributed by atoms with Crippen LogP contribution >= 0.6 is 0 Å². The minimum Gasteiger partial charge on any atom is -0.389 e. The number of carbonyl (C=O) groups is 1. The topological polar surface area (TPSA) is 164 Å². The van der Waals surface area contributed by atoms with Gasteiger partial charge in [-0.05, 0) is 83.3 Å². The molecule has 0 spiro atoms. The predicted octanol–water partition coefficient (Wildman–Crippen LogP) is 10.6. The number of rotatable bonds is 12. The maximum absolute atomic E-state index is 11.2. The Balaban J connectivity index is 0.000000164. The van der Waals surface area contributed by atoms with Crippen LogP contribution in [0.25, 0.3) is 66.8 Å². The normalized spacial score (nSPS) is 11.4. The molecule has 10 aromatic rings. The molecule has 10 rings (SSSR count).